The molecule has 0 aliphatic carbocycles. The fourth-order valence-corrected chi connectivity index (χ4v) is 5.41. The van der Waals surface area contributed by atoms with Crippen LogP contribution >= 0.6 is 11.3 Å². The van der Waals surface area contributed by atoms with Crippen molar-refractivity contribution in [2.24, 2.45) is 5.92 Å². The molecule has 2 aromatic heterocycles. The summed E-state index contributed by atoms with van der Waals surface area (Å²) in [7, 11) is 0. The second-order valence-electron chi connectivity index (χ2n) is 8.80. The summed E-state index contributed by atoms with van der Waals surface area (Å²) in [6.45, 7) is 4.39. The molecule has 0 bridgehead atoms. The van der Waals surface area contributed by atoms with E-state index in [0.29, 0.717) is 18.0 Å². The minimum atomic E-state index is -0.683. The van der Waals surface area contributed by atoms with Crippen LogP contribution in [0.15, 0.2) is 64.8 Å². The van der Waals surface area contributed by atoms with Gasteiger partial charge < -0.3 is 19.7 Å². The Kier molecular flexibility index (Phi) is 7.42. The van der Waals surface area contributed by atoms with Gasteiger partial charge in [0, 0.05) is 29.4 Å². The zero-order chi connectivity index (χ0) is 27.5. The molecule has 11 heteroatoms. The van der Waals surface area contributed by atoms with Gasteiger partial charge in [-0.25, -0.2) is 4.79 Å². The van der Waals surface area contributed by atoms with Gasteiger partial charge in [0.2, 0.25) is 11.8 Å². The van der Waals surface area contributed by atoms with E-state index >= 15 is 0 Å². The highest BCUT2D eigenvalue weighted by molar-refractivity contribution is 7.16. The van der Waals surface area contributed by atoms with Crippen molar-refractivity contribution in [3.05, 3.63) is 76.0 Å². The van der Waals surface area contributed by atoms with Gasteiger partial charge in [0.1, 0.15) is 10.8 Å². The molecule has 1 aliphatic heterocycles. The third-order valence-electron chi connectivity index (χ3n) is 6.31. The average Bonchev–Trinajstić information content (AvgIpc) is 3.54. The Balaban J connectivity index is 1.50. The lowest BCUT2D eigenvalue weighted by molar-refractivity contribution is -0.122. The number of ether oxygens (including phenoxy) is 2. The summed E-state index contributed by atoms with van der Waals surface area (Å²) in [4.78, 5) is 53.9. The lowest BCUT2D eigenvalue weighted by Crippen LogP contribution is -2.29. The zero-order valence-corrected chi connectivity index (χ0v) is 22.2. The van der Waals surface area contributed by atoms with Gasteiger partial charge in [-0.05, 0) is 50.2 Å². The lowest BCUT2D eigenvalue weighted by atomic mass is 10.1. The Hall–Kier alpha value is -4.51. The number of esters is 1. The molecule has 0 saturated carbocycles. The number of nitrogens with zero attached hydrogens (tertiary/aromatic N) is 3. The topological polar surface area (TPSA) is 120 Å². The number of fused-ring (bicyclic) bond motifs is 1. The third kappa shape index (κ3) is 5.13. The molecule has 0 radical (unpaired) electrons. The highest BCUT2D eigenvalue weighted by Gasteiger charge is 2.35. The van der Waals surface area contributed by atoms with Crippen molar-refractivity contribution in [2.75, 3.05) is 30.0 Å². The molecular weight excluding hydrogens is 520 g/mol. The zero-order valence-electron chi connectivity index (χ0n) is 21.4. The number of hydrogen-bond acceptors (Lipinski definition) is 8. The molecule has 1 saturated heterocycles. The van der Waals surface area contributed by atoms with Crippen molar-refractivity contribution >= 4 is 50.6 Å². The predicted octanol–water partition coefficient (Wildman–Crippen LogP) is 4.01. The van der Waals surface area contributed by atoms with Crippen LogP contribution in [0.3, 0.4) is 0 Å². The molecule has 1 fully saturated rings. The van der Waals surface area contributed by atoms with E-state index in [9.17, 15) is 19.2 Å². The summed E-state index contributed by atoms with van der Waals surface area (Å²) < 4.78 is 11.8. The Labute approximate surface area is 227 Å². The summed E-state index contributed by atoms with van der Waals surface area (Å²) in [5, 5.41) is 9.46. The van der Waals surface area contributed by atoms with Gasteiger partial charge in [-0.2, -0.15) is 9.78 Å². The highest BCUT2D eigenvalue weighted by atomic mass is 32.1. The first-order valence-electron chi connectivity index (χ1n) is 12.5. The minimum Gasteiger partial charge on any atom is -0.494 e. The smallest absolute Gasteiger partial charge is 0.359 e. The molecule has 2 amide bonds. The Morgan fingerprint density at radius 1 is 1.03 bits per heavy atom. The van der Waals surface area contributed by atoms with Crippen LogP contribution in [0.2, 0.25) is 0 Å². The van der Waals surface area contributed by atoms with Crippen molar-refractivity contribution in [1.82, 2.24) is 9.78 Å². The molecule has 1 N–H and O–H groups in total. The summed E-state index contributed by atoms with van der Waals surface area (Å²) in [6.07, 6.45) is 0.0517. The Morgan fingerprint density at radius 2 is 1.77 bits per heavy atom. The number of carbonyl (C=O) groups is 3. The number of hydrogen-bond donors (Lipinski definition) is 1. The first-order chi connectivity index (χ1) is 18.9. The number of thiophene rings is 1. The molecule has 1 atom stereocenters. The normalized spacial score (nSPS) is 15.0. The number of nitrogens with one attached hydrogen (secondary N) is 1. The first kappa shape index (κ1) is 26.1. The molecule has 2 aromatic carbocycles. The SMILES string of the molecule is CCOC(=O)c1nn(-c2ccc(OCC)cc2)c(=O)c2c(NC(=O)C3CC(=O)N(c4ccccc4)C3)scc12. The van der Waals surface area contributed by atoms with Gasteiger partial charge in [0.15, 0.2) is 5.69 Å². The number of rotatable bonds is 8. The van der Waals surface area contributed by atoms with Crippen molar-refractivity contribution < 1.29 is 23.9 Å². The Bertz CT molecular complexity index is 1600. The fraction of sp³-hybridized carbons (Fsp3) is 0.250. The second-order valence-corrected chi connectivity index (χ2v) is 9.68. The largest absolute Gasteiger partial charge is 0.494 e. The molecule has 5 rings (SSSR count). The van der Waals surface area contributed by atoms with E-state index in [-0.39, 0.29) is 52.9 Å². The van der Waals surface area contributed by atoms with Gasteiger partial charge in [0.25, 0.3) is 5.56 Å². The minimum absolute atomic E-state index is 0.0385. The Morgan fingerprint density at radius 3 is 2.46 bits per heavy atom. The van der Waals surface area contributed by atoms with E-state index in [4.69, 9.17) is 9.47 Å². The summed E-state index contributed by atoms with van der Waals surface area (Å²) in [5.74, 6) is -1.19. The van der Waals surface area contributed by atoms with E-state index in [1.165, 1.54) is 0 Å². The van der Waals surface area contributed by atoms with Crippen molar-refractivity contribution in [2.45, 2.75) is 20.3 Å². The molecule has 39 heavy (non-hydrogen) atoms. The number of para-hydroxylation sites is 1. The van der Waals surface area contributed by atoms with E-state index in [1.54, 1.807) is 41.5 Å². The summed E-state index contributed by atoms with van der Waals surface area (Å²) in [5.41, 5.74) is 0.595. The molecule has 1 unspecified atom stereocenters. The van der Waals surface area contributed by atoms with Crippen molar-refractivity contribution in [3.63, 3.8) is 0 Å². The maximum atomic E-state index is 13.7. The van der Waals surface area contributed by atoms with Crippen LogP contribution in [0.4, 0.5) is 10.7 Å². The summed E-state index contributed by atoms with van der Waals surface area (Å²) >= 11 is 1.11. The van der Waals surface area contributed by atoms with Gasteiger partial charge in [0.05, 0.1) is 30.2 Å². The molecule has 0 spiro atoms. The van der Waals surface area contributed by atoms with Crippen LogP contribution in [-0.2, 0) is 14.3 Å². The van der Waals surface area contributed by atoms with Gasteiger partial charge in [-0.15, -0.1) is 11.3 Å². The second kappa shape index (κ2) is 11.1. The third-order valence-corrected chi connectivity index (χ3v) is 7.21. The highest BCUT2D eigenvalue weighted by Crippen LogP contribution is 2.32. The van der Waals surface area contributed by atoms with Crippen molar-refractivity contribution in [3.8, 4) is 11.4 Å². The van der Waals surface area contributed by atoms with Crippen LogP contribution in [0.5, 0.6) is 5.75 Å². The van der Waals surface area contributed by atoms with Crippen molar-refractivity contribution in [1.29, 1.82) is 0 Å². The van der Waals surface area contributed by atoms with Crippen LogP contribution in [0.25, 0.3) is 16.5 Å². The van der Waals surface area contributed by atoms with Crippen LogP contribution < -0.4 is 20.5 Å². The number of carbonyl (C=O) groups excluding carboxylic acids is 3. The molecule has 10 nitrogen and oxygen atoms in total. The molecule has 3 heterocycles. The number of anilines is 2. The monoisotopic (exact) mass is 546 g/mol. The molecule has 1 aliphatic rings. The molecule has 4 aromatic rings. The van der Waals surface area contributed by atoms with Crippen LogP contribution in [-0.4, -0.2) is 47.3 Å². The lowest BCUT2D eigenvalue weighted by Gasteiger charge is -2.16. The van der Waals surface area contributed by atoms with Crippen LogP contribution in [0, 0.1) is 5.92 Å². The van der Waals surface area contributed by atoms with E-state index in [0.717, 1.165) is 21.7 Å². The summed E-state index contributed by atoms with van der Waals surface area (Å²) in [6, 6.07) is 15.9. The number of benzene rings is 2. The van der Waals surface area contributed by atoms with Gasteiger partial charge in [-0.1, -0.05) is 18.2 Å². The maximum Gasteiger partial charge on any atom is 0.359 e. The van der Waals surface area contributed by atoms with E-state index < -0.39 is 17.4 Å². The van der Waals surface area contributed by atoms with Gasteiger partial charge in [-0.3, -0.25) is 14.4 Å². The predicted molar refractivity (Wildman–Crippen MR) is 148 cm³/mol. The maximum absolute atomic E-state index is 13.7. The number of aromatic nitrogens is 2. The molecule has 200 valence electrons. The molecular formula is C28H26N4O6S. The van der Waals surface area contributed by atoms with Gasteiger partial charge >= 0.3 is 5.97 Å². The first-order valence-corrected chi connectivity index (χ1v) is 13.4. The fourth-order valence-electron chi connectivity index (χ4n) is 4.47. The quantitative estimate of drug-likeness (QED) is 0.332. The number of amides is 2. The van der Waals surface area contributed by atoms with E-state index in [2.05, 4.69) is 10.4 Å². The van der Waals surface area contributed by atoms with E-state index in [1.807, 2.05) is 37.3 Å². The standard InChI is InChI=1S/C28H26N4O6S/c1-3-37-20-12-10-19(11-13-20)32-27(35)23-21(24(30-32)28(36)38-4-2)16-39-26(23)29-25(34)17-14-22(33)31(15-17)18-8-6-5-7-9-18/h5-13,16-17H,3-4,14-15H2,1-2H3,(H,29,34). The average molecular weight is 547 g/mol. The van der Waals surface area contributed by atoms with Crippen LogP contribution in [0.1, 0.15) is 30.8 Å².